The molecule has 0 unspecified atom stereocenters. The molecule has 0 radical (unpaired) electrons. The summed E-state index contributed by atoms with van der Waals surface area (Å²) in [5.74, 6) is -0.598. The van der Waals surface area contributed by atoms with Crippen LogP contribution in [0.15, 0.2) is 18.2 Å². The molecule has 1 aromatic carbocycles. The quantitative estimate of drug-likeness (QED) is 0.631. The molecule has 0 saturated carbocycles. The molecule has 0 aliphatic carbocycles. The summed E-state index contributed by atoms with van der Waals surface area (Å²) in [7, 11) is 0. The first kappa shape index (κ1) is 13.2. The minimum Gasteiger partial charge on any atom is -0.502 e. The molecule has 0 saturated heterocycles. The number of hydrogen-bond donors (Lipinski definition) is 2. The zero-order valence-corrected chi connectivity index (χ0v) is 8.44. The van der Waals surface area contributed by atoms with Crippen LogP contribution >= 0.6 is 0 Å². The normalized spacial score (nSPS) is 13.4. The van der Waals surface area contributed by atoms with Crippen LogP contribution in [0.5, 0.6) is 5.75 Å². The van der Waals surface area contributed by atoms with E-state index in [1.165, 1.54) is 0 Å². The number of nitro groups is 1. The highest BCUT2D eigenvalue weighted by Gasteiger charge is 2.36. The van der Waals surface area contributed by atoms with Crippen molar-refractivity contribution < 1.29 is 23.2 Å². The number of hydrogen-bond acceptors (Lipinski definition) is 4. The van der Waals surface area contributed by atoms with Crippen LogP contribution in [0.25, 0.3) is 0 Å². The summed E-state index contributed by atoms with van der Waals surface area (Å²) in [5.41, 5.74) is 4.29. The SMILES string of the molecule is N[C@@H](Cc1ccc(O)c([N+](=O)[O-])c1)C(F)(F)F. The number of phenols is 1. The number of aromatic hydroxyl groups is 1. The van der Waals surface area contributed by atoms with Crippen molar-refractivity contribution in [1.82, 2.24) is 0 Å². The Kier molecular flexibility index (Phi) is 3.56. The monoisotopic (exact) mass is 250 g/mol. The van der Waals surface area contributed by atoms with Gasteiger partial charge >= 0.3 is 11.9 Å². The third kappa shape index (κ3) is 3.31. The first-order chi connectivity index (χ1) is 7.71. The summed E-state index contributed by atoms with van der Waals surface area (Å²) in [4.78, 5) is 9.57. The maximum Gasteiger partial charge on any atom is 0.403 e. The molecule has 0 bridgehead atoms. The van der Waals surface area contributed by atoms with Gasteiger partial charge in [0.25, 0.3) is 0 Å². The zero-order valence-electron chi connectivity index (χ0n) is 8.44. The molecule has 0 spiro atoms. The van der Waals surface area contributed by atoms with Crippen LogP contribution in [-0.4, -0.2) is 22.2 Å². The first-order valence-electron chi connectivity index (χ1n) is 4.50. The lowest BCUT2D eigenvalue weighted by Crippen LogP contribution is -2.39. The molecule has 0 heterocycles. The smallest absolute Gasteiger partial charge is 0.403 e. The van der Waals surface area contributed by atoms with Gasteiger partial charge in [-0.1, -0.05) is 6.07 Å². The minimum atomic E-state index is -4.56. The molecule has 8 heteroatoms. The number of benzene rings is 1. The lowest BCUT2D eigenvalue weighted by molar-refractivity contribution is -0.385. The number of nitrogens with two attached hydrogens (primary N) is 1. The van der Waals surface area contributed by atoms with Crippen LogP contribution < -0.4 is 5.73 Å². The Balaban J connectivity index is 2.94. The Morgan fingerprint density at radius 1 is 1.47 bits per heavy atom. The van der Waals surface area contributed by atoms with E-state index in [1.807, 2.05) is 0 Å². The Morgan fingerprint density at radius 2 is 2.06 bits per heavy atom. The van der Waals surface area contributed by atoms with Crippen LogP contribution in [0.4, 0.5) is 18.9 Å². The Bertz CT molecular complexity index is 434. The van der Waals surface area contributed by atoms with Gasteiger partial charge in [-0.3, -0.25) is 10.1 Å². The second kappa shape index (κ2) is 4.58. The van der Waals surface area contributed by atoms with Crippen molar-refractivity contribution >= 4 is 5.69 Å². The standard InChI is InChI=1S/C9H9F3N2O3/c10-9(11,12)8(13)4-5-1-2-7(15)6(3-5)14(16)17/h1-3,8,15H,4,13H2/t8-/m0/s1. The molecule has 0 fully saturated rings. The molecule has 0 amide bonds. The highest BCUT2D eigenvalue weighted by atomic mass is 19.4. The van der Waals surface area contributed by atoms with Gasteiger partial charge in [0.15, 0.2) is 5.75 Å². The van der Waals surface area contributed by atoms with Gasteiger partial charge < -0.3 is 10.8 Å². The number of rotatable bonds is 3. The van der Waals surface area contributed by atoms with Crippen LogP contribution in [0.2, 0.25) is 0 Å². The van der Waals surface area contributed by atoms with E-state index in [9.17, 15) is 23.3 Å². The maximum absolute atomic E-state index is 12.2. The van der Waals surface area contributed by atoms with E-state index in [-0.39, 0.29) is 5.56 Å². The molecule has 1 rings (SSSR count). The molecule has 0 aliphatic heterocycles. The number of nitro benzene ring substituents is 1. The molecule has 0 aliphatic rings. The van der Waals surface area contributed by atoms with E-state index in [2.05, 4.69) is 0 Å². The van der Waals surface area contributed by atoms with Gasteiger partial charge in [0.2, 0.25) is 0 Å². The lowest BCUT2D eigenvalue weighted by Gasteiger charge is -2.15. The van der Waals surface area contributed by atoms with Crippen molar-refractivity contribution in [2.24, 2.45) is 5.73 Å². The van der Waals surface area contributed by atoms with Crippen molar-refractivity contribution in [1.29, 1.82) is 0 Å². The third-order valence-corrected chi connectivity index (χ3v) is 2.11. The second-order valence-electron chi connectivity index (χ2n) is 3.43. The van der Waals surface area contributed by atoms with E-state index in [1.54, 1.807) is 0 Å². The average molecular weight is 250 g/mol. The van der Waals surface area contributed by atoms with E-state index in [0.29, 0.717) is 0 Å². The van der Waals surface area contributed by atoms with Crippen LogP contribution in [0.3, 0.4) is 0 Å². The predicted octanol–water partition coefficient (Wildman–Crippen LogP) is 1.73. The fourth-order valence-electron chi connectivity index (χ4n) is 1.21. The van der Waals surface area contributed by atoms with Gasteiger partial charge in [-0.05, 0) is 18.1 Å². The van der Waals surface area contributed by atoms with Crippen molar-refractivity contribution in [3.63, 3.8) is 0 Å². The van der Waals surface area contributed by atoms with Crippen molar-refractivity contribution in [2.75, 3.05) is 0 Å². The predicted molar refractivity (Wildman–Crippen MR) is 52.5 cm³/mol. The molecular weight excluding hydrogens is 241 g/mol. The zero-order chi connectivity index (χ0) is 13.2. The molecule has 1 atom stereocenters. The molecular formula is C9H9F3N2O3. The fraction of sp³-hybridized carbons (Fsp3) is 0.333. The number of alkyl halides is 3. The van der Waals surface area contributed by atoms with E-state index in [0.717, 1.165) is 18.2 Å². The Hall–Kier alpha value is -1.83. The highest BCUT2D eigenvalue weighted by molar-refractivity contribution is 5.47. The van der Waals surface area contributed by atoms with Gasteiger partial charge in [0.1, 0.15) is 6.04 Å². The van der Waals surface area contributed by atoms with Gasteiger partial charge in [-0.25, -0.2) is 0 Å². The summed E-state index contributed by atoms with van der Waals surface area (Å²) < 4.78 is 36.5. The summed E-state index contributed by atoms with van der Waals surface area (Å²) in [6.07, 6.45) is -5.14. The lowest BCUT2D eigenvalue weighted by atomic mass is 10.1. The van der Waals surface area contributed by atoms with Crippen molar-refractivity contribution in [2.45, 2.75) is 18.6 Å². The van der Waals surface area contributed by atoms with Gasteiger partial charge in [0, 0.05) is 6.07 Å². The van der Waals surface area contributed by atoms with Crippen LogP contribution in [-0.2, 0) is 6.42 Å². The van der Waals surface area contributed by atoms with E-state index < -0.39 is 35.0 Å². The Labute approximate surface area is 93.8 Å². The van der Waals surface area contributed by atoms with Gasteiger partial charge in [0.05, 0.1) is 4.92 Å². The topological polar surface area (TPSA) is 89.4 Å². The largest absolute Gasteiger partial charge is 0.502 e. The maximum atomic E-state index is 12.2. The number of phenolic OH excluding ortho intramolecular Hbond substituents is 1. The first-order valence-corrected chi connectivity index (χ1v) is 4.50. The van der Waals surface area contributed by atoms with E-state index >= 15 is 0 Å². The molecule has 94 valence electrons. The summed E-state index contributed by atoms with van der Waals surface area (Å²) >= 11 is 0. The number of nitrogens with zero attached hydrogens (tertiary/aromatic N) is 1. The summed E-state index contributed by atoms with van der Waals surface area (Å²) in [5, 5.41) is 19.6. The molecule has 5 nitrogen and oxygen atoms in total. The fourth-order valence-corrected chi connectivity index (χ4v) is 1.21. The molecule has 0 aromatic heterocycles. The van der Waals surface area contributed by atoms with E-state index in [4.69, 9.17) is 10.8 Å². The second-order valence-corrected chi connectivity index (χ2v) is 3.43. The molecule has 3 N–H and O–H groups in total. The minimum absolute atomic E-state index is 0.0410. The average Bonchev–Trinajstić information content (AvgIpc) is 2.19. The van der Waals surface area contributed by atoms with Crippen molar-refractivity contribution in [3.05, 3.63) is 33.9 Å². The Morgan fingerprint density at radius 3 is 2.53 bits per heavy atom. The highest BCUT2D eigenvalue weighted by Crippen LogP contribution is 2.28. The van der Waals surface area contributed by atoms with Gasteiger partial charge in [-0.15, -0.1) is 0 Å². The summed E-state index contributed by atoms with van der Waals surface area (Å²) in [6, 6.07) is 0.914. The van der Waals surface area contributed by atoms with Crippen LogP contribution in [0, 0.1) is 10.1 Å². The summed E-state index contributed by atoms with van der Waals surface area (Å²) in [6.45, 7) is 0. The molecule has 17 heavy (non-hydrogen) atoms. The van der Waals surface area contributed by atoms with Crippen molar-refractivity contribution in [3.8, 4) is 5.75 Å². The van der Waals surface area contributed by atoms with Crippen LogP contribution in [0.1, 0.15) is 5.56 Å². The third-order valence-electron chi connectivity index (χ3n) is 2.11. The van der Waals surface area contributed by atoms with Gasteiger partial charge in [-0.2, -0.15) is 13.2 Å². The number of halogens is 3. The molecule has 1 aromatic rings.